The molecule has 0 fully saturated rings. The molecule has 25 heavy (non-hydrogen) atoms. The van der Waals surface area contributed by atoms with Crippen LogP contribution >= 0.6 is 0 Å². The molecule has 3 rings (SSSR count). The van der Waals surface area contributed by atoms with Gasteiger partial charge in [-0.3, -0.25) is 10.3 Å². The van der Waals surface area contributed by atoms with Gasteiger partial charge in [-0.05, 0) is 36.2 Å². The van der Waals surface area contributed by atoms with Gasteiger partial charge >= 0.3 is 6.03 Å². The number of aromatic nitrogens is 2. The summed E-state index contributed by atoms with van der Waals surface area (Å²) in [5, 5.41) is 6.44. The molecule has 1 unspecified atom stereocenters. The number of halogens is 1. The van der Waals surface area contributed by atoms with Gasteiger partial charge in [-0.1, -0.05) is 23.4 Å². The number of amides is 2. The number of pyridine rings is 1. The zero-order valence-electron chi connectivity index (χ0n) is 13.8. The van der Waals surface area contributed by atoms with Gasteiger partial charge in [-0.15, -0.1) is 0 Å². The quantitative estimate of drug-likeness (QED) is 0.785. The molecule has 1 atom stereocenters. The van der Waals surface area contributed by atoms with E-state index in [0.29, 0.717) is 11.6 Å². The Morgan fingerprint density at radius 1 is 1.24 bits per heavy atom. The van der Waals surface area contributed by atoms with E-state index in [0.717, 1.165) is 11.1 Å². The first-order chi connectivity index (χ1) is 12.0. The first kappa shape index (κ1) is 16.6. The zero-order valence-corrected chi connectivity index (χ0v) is 13.8. The lowest BCUT2D eigenvalue weighted by Gasteiger charge is -2.28. The first-order valence-corrected chi connectivity index (χ1v) is 7.67. The van der Waals surface area contributed by atoms with Crippen molar-refractivity contribution in [2.45, 2.75) is 13.0 Å². The van der Waals surface area contributed by atoms with Crippen LogP contribution in [0.25, 0.3) is 0 Å². The van der Waals surface area contributed by atoms with Gasteiger partial charge in [0.1, 0.15) is 11.6 Å². The highest BCUT2D eigenvalue weighted by molar-refractivity contribution is 5.88. The number of rotatable bonds is 4. The summed E-state index contributed by atoms with van der Waals surface area (Å²) in [6.45, 7) is 1.74. The van der Waals surface area contributed by atoms with Crippen molar-refractivity contribution in [1.82, 2.24) is 15.0 Å². The minimum absolute atomic E-state index is 0.332. The molecule has 0 aliphatic heterocycles. The van der Waals surface area contributed by atoms with Gasteiger partial charge < -0.3 is 9.42 Å². The Bertz CT molecular complexity index is 849. The summed E-state index contributed by atoms with van der Waals surface area (Å²) in [6.07, 6.45) is 3.33. The zero-order chi connectivity index (χ0) is 17.8. The maximum atomic E-state index is 13.3. The van der Waals surface area contributed by atoms with Crippen molar-refractivity contribution in [1.29, 1.82) is 0 Å². The molecule has 1 N–H and O–H groups in total. The second-order valence-electron chi connectivity index (χ2n) is 5.60. The average Bonchev–Trinajstić information content (AvgIpc) is 3.02. The first-order valence-electron chi connectivity index (χ1n) is 7.67. The van der Waals surface area contributed by atoms with Crippen LogP contribution in [0.3, 0.4) is 0 Å². The van der Waals surface area contributed by atoms with Crippen LogP contribution in [0.5, 0.6) is 0 Å². The van der Waals surface area contributed by atoms with Crippen LogP contribution in [0.4, 0.5) is 15.0 Å². The lowest BCUT2D eigenvalue weighted by atomic mass is 9.99. The molecule has 0 spiro atoms. The highest BCUT2D eigenvalue weighted by Gasteiger charge is 2.24. The van der Waals surface area contributed by atoms with E-state index < -0.39 is 6.04 Å². The molecule has 2 heterocycles. The fraction of sp³-hybridized carbons (Fsp3) is 0.167. The second-order valence-corrected chi connectivity index (χ2v) is 5.60. The lowest BCUT2D eigenvalue weighted by molar-refractivity contribution is 0.212. The van der Waals surface area contributed by atoms with Crippen molar-refractivity contribution in [3.8, 4) is 0 Å². The Morgan fingerprint density at radius 2 is 2.00 bits per heavy atom. The number of urea groups is 1. The summed E-state index contributed by atoms with van der Waals surface area (Å²) in [7, 11) is 1.66. The van der Waals surface area contributed by atoms with Crippen LogP contribution in [-0.2, 0) is 0 Å². The van der Waals surface area contributed by atoms with E-state index in [1.807, 2.05) is 6.07 Å². The van der Waals surface area contributed by atoms with E-state index in [1.165, 1.54) is 17.0 Å². The van der Waals surface area contributed by atoms with E-state index >= 15 is 0 Å². The van der Waals surface area contributed by atoms with Gasteiger partial charge in [0, 0.05) is 25.5 Å². The number of aryl methyl sites for hydroxylation is 1. The highest BCUT2D eigenvalue weighted by Crippen LogP contribution is 2.28. The Labute approximate surface area is 144 Å². The van der Waals surface area contributed by atoms with Gasteiger partial charge in [0.05, 0.1) is 6.04 Å². The van der Waals surface area contributed by atoms with Gasteiger partial charge in [0.2, 0.25) is 0 Å². The highest BCUT2D eigenvalue weighted by atomic mass is 19.1. The lowest BCUT2D eigenvalue weighted by Crippen LogP contribution is -2.35. The molecular weight excluding hydrogens is 323 g/mol. The van der Waals surface area contributed by atoms with Crippen molar-refractivity contribution in [2.24, 2.45) is 0 Å². The molecule has 0 aliphatic carbocycles. The molecule has 0 saturated carbocycles. The maximum absolute atomic E-state index is 13.3. The van der Waals surface area contributed by atoms with Crippen LogP contribution in [-0.4, -0.2) is 28.1 Å². The summed E-state index contributed by atoms with van der Waals surface area (Å²) in [6, 6.07) is 10.5. The third-order valence-corrected chi connectivity index (χ3v) is 3.76. The van der Waals surface area contributed by atoms with Crippen molar-refractivity contribution < 1.29 is 13.7 Å². The minimum Gasteiger partial charge on any atom is -0.360 e. The molecule has 7 heteroatoms. The topological polar surface area (TPSA) is 71.3 Å². The van der Waals surface area contributed by atoms with E-state index in [9.17, 15) is 9.18 Å². The maximum Gasteiger partial charge on any atom is 0.323 e. The van der Waals surface area contributed by atoms with E-state index in [-0.39, 0.29) is 11.8 Å². The molecule has 0 bridgehead atoms. The van der Waals surface area contributed by atoms with Crippen molar-refractivity contribution in [3.05, 3.63) is 77.6 Å². The number of benzene rings is 1. The largest absolute Gasteiger partial charge is 0.360 e. The summed E-state index contributed by atoms with van der Waals surface area (Å²) < 4.78 is 18.2. The number of hydrogen-bond acceptors (Lipinski definition) is 4. The van der Waals surface area contributed by atoms with Gasteiger partial charge in [-0.2, -0.15) is 0 Å². The molecule has 0 saturated heterocycles. The van der Waals surface area contributed by atoms with Crippen molar-refractivity contribution in [2.75, 3.05) is 12.4 Å². The van der Waals surface area contributed by atoms with Gasteiger partial charge in [0.25, 0.3) is 0 Å². The van der Waals surface area contributed by atoms with Crippen LogP contribution in [0.1, 0.15) is 22.9 Å². The Hall–Kier alpha value is -3.22. The Balaban J connectivity index is 1.90. The number of anilines is 1. The molecular formula is C18H17FN4O2. The van der Waals surface area contributed by atoms with E-state index in [4.69, 9.17) is 4.52 Å². The molecule has 1 aromatic carbocycles. The standard InChI is InChI=1S/C18H17FN4O2/c1-12-10-16(22-25-12)21-18(24)23(2)17(14-4-3-9-20-11-14)13-5-7-15(19)8-6-13/h3-11,17H,1-2H3,(H,21,22,24). The monoisotopic (exact) mass is 340 g/mol. The molecule has 3 aromatic rings. The number of nitrogens with zero attached hydrogens (tertiary/aromatic N) is 3. The van der Waals surface area contributed by atoms with Crippen molar-refractivity contribution >= 4 is 11.8 Å². The predicted molar refractivity (Wildman–Crippen MR) is 90.5 cm³/mol. The van der Waals surface area contributed by atoms with Gasteiger partial charge in [-0.25, -0.2) is 9.18 Å². The van der Waals surface area contributed by atoms with Crippen molar-refractivity contribution in [3.63, 3.8) is 0 Å². The number of hydrogen-bond donors (Lipinski definition) is 1. The Morgan fingerprint density at radius 3 is 2.60 bits per heavy atom. The van der Waals surface area contributed by atoms with Crippen LogP contribution in [0.15, 0.2) is 59.4 Å². The van der Waals surface area contributed by atoms with Crippen LogP contribution in [0, 0.1) is 12.7 Å². The van der Waals surface area contributed by atoms with E-state index in [1.54, 1.807) is 50.6 Å². The molecule has 0 radical (unpaired) electrons. The minimum atomic E-state index is -0.428. The number of nitrogens with one attached hydrogen (secondary N) is 1. The molecule has 2 aromatic heterocycles. The summed E-state index contributed by atoms with van der Waals surface area (Å²) in [5.41, 5.74) is 1.58. The third kappa shape index (κ3) is 3.82. The third-order valence-electron chi connectivity index (χ3n) is 3.76. The van der Waals surface area contributed by atoms with Crippen LogP contribution < -0.4 is 5.32 Å². The summed E-state index contributed by atoms with van der Waals surface area (Å²) >= 11 is 0. The normalized spacial score (nSPS) is 11.8. The van der Waals surface area contributed by atoms with Gasteiger partial charge in [0.15, 0.2) is 5.82 Å². The fourth-order valence-corrected chi connectivity index (χ4v) is 2.56. The second kappa shape index (κ2) is 7.12. The van der Waals surface area contributed by atoms with Crippen LogP contribution in [0.2, 0.25) is 0 Å². The SMILES string of the molecule is Cc1cc(NC(=O)N(C)C(c2ccc(F)cc2)c2cccnc2)no1. The predicted octanol–water partition coefficient (Wildman–Crippen LogP) is 3.77. The molecule has 128 valence electrons. The average molecular weight is 340 g/mol. The smallest absolute Gasteiger partial charge is 0.323 e. The molecule has 6 nitrogen and oxygen atoms in total. The number of carbonyl (C=O) groups is 1. The molecule has 2 amide bonds. The van der Waals surface area contributed by atoms with E-state index in [2.05, 4.69) is 15.5 Å². The summed E-state index contributed by atoms with van der Waals surface area (Å²) in [5.74, 6) is 0.595. The Kier molecular flexibility index (Phi) is 4.74. The molecule has 0 aliphatic rings. The summed E-state index contributed by atoms with van der Waals surface area (Å²) in [4.78, 5) is 18.2. The fourth-order valence-electron chi connectivity index (χ4n) is 2.56. The number of carbonyl (C=O) groups excluding carboxylic acids is 1.